The maximum atomic E-state index is 5.61. The van der Waals surface area contributed by atoms with Crippen LogP contribution in [0.5, 0.6) is 0 Å². The quantitative estimate of drug-likeness (QED) is 0.903. The molecular formula is C15H21N5. The first-order chi connectivity index (χ1) is 9.78. The fraction of sp³-hybridized carbons (Fsp3) is 0.467. The van der Waals surface area contributed by atoms with E-state index in [1.165, 1.54) is 0 Å². The number of anilines is 1. The van der Waals surface area contributed by atoms with Gasteiger partial charge in [-0.3, -0.25) is 4.90 Å². The second kappa shape index (κ2) is 5.73. The van der Waals surface area contributed by atoms with Gasteiger partial charge in [-0.25, -0.2) is 9.97 Å². The lowest BCUT2D eigenvalue weighted by atomic mass is 10.2. The van der Waals surface area contributed by atoms with Gasteiger partial charge in [-0.15, -0.1) is 0 Å². The van der Waals surface area contributed by atoms with Crippen LogP contribution in [-0.2, 0) is 0 Å². The zero-order valence-electron chi connectivity index (χ0n) is 11.9. The van der Waals surface area contributed by atoms with Crippen molar-refractivity contribution in [1.29, 1.82) is 0 Å². The van der Waals surface area contributed by atoms with E-state index in [1.807, 2.05) is 31.2 Å². The molecule has 20 heavy (non-hydrogen) atoms. The van der Waals surface area contributed by atoms with Crippen LogP contribution in [0.4, 0.5) is 5.82 Å². The summed E-state index contributed by atoms with van der Waals surface area (Å²) in [5.74, 6) is 1.02. The summed E-state index contributed by atoms with van der Waals surface area (Å²) < 4.78 is 0. The number of nitrogens with zero attached hydrogens (tertiary/aromatic N) is 4. The molecule has 0 amide bonds. The number of hydrogen-bond acceptors (Lipinski definition) is 5. The third-order valence-electron chi connectivity index (χ3n) is 3.84. The standard InChI is InChI=1S/C15H21N5/c1-12-15(18-14-5-3-2-4-13(14)17-12)20-10-8-19(7-6-16)9-11-20/h2-5H,6-11,16H2,1H3. The van der Waals surface area contributed by atoms with Gasteiger partial charge in [-0.1, -0.05) is 12.1 Å². The molecule has 1 aromatic carbocycles. The number of rotatable bonds is 3. The van der Waals surface area contributed by atoms with Gasteiger partial charge < -0.3 is 10.6 Å². The van der Waals surface area contributed by atoms with E-state index in [1.54, 1.807) is 0 Å². The van der Waals surface area contributed by atoms with Gasteiger partial charge in [-0.2, -0.15) is 0 Å². The molecule has 2 aromatic rings. The van der Waals surface area contributed by atoms with Gasteiger partial charge in [0, 0.05) is 39.3 Å². The predicted molar refractivity (Wildman–Crippen MR) is 82.0 cm³/mol. The summed E-state index contributed by atoms with van der Waals surface area (Å²) in [6.07, 6.45) is 0. The average molecular weight is 271 g/mol. The molecule has 5 heteroatoms. The van der Waals surface area contributed by atoms with Crippen LogP contribution in [0.2, 0.25) is 0 Å². The predicted octanol–water partition coefficient (Wildman–Crippen LogP) is 1.02. The molecule has 1 aromatic heterocycles. The maximum absolute atomic E-state index is 5.61. The molecule has 1 aliphatic rings. The van der Waals surface area contributed by atoms with Crippen LogP contribution in [0.15, 0.2) is 24.3 Å². The number of piperazine rings is 1. The molecule has 1 aliphatic heterocycles. The number of benzene rings is 1. The van der Waals surface area contributed by atoms with Crippen molar-refractivity contribution in [3.05, 3.63) is 30.0 Å². The topological polar surface area (TPSA) is 58.3 Å². The minimum Gasteiger partial charge on any atom is -0.353 e. The van der Waals surface area contributed by atoms with Crippen molar-refractivity contribution in [3.63, 3.8) is 0 Å². The van der Waals surface area contributed by atoms with Crippen LogP contribution < -0.4 is 10.6 Å². The zero-order valence-corrected chi connectivity index (χ0v) is 11.9. The Morgan fingerprint density at radius 3 is 2.35 bits per heavy atom. The summed E-state index contributed by atoms with van der Waals surface area (Å²) in [5, 5.41) is 0. The molecule has 0 unspecified atom stereocenters. The van der Waals surface area contributed by atoms with E-state index in [2.05, 4.69) is 14.8 Å². The van der Waals surface area contributed by atoms with Gasteiger partial charge in [0.2, 0.25) is 0 Å². The van der Waals surface area contributed by atoms with Crippen molar-refractivity contribution in [1.82, 2.24) is 14.9 Å². The number of hydrogen-bond donors (Lipinski definition) is 1. The number of aromatic nitrogens is 2. The summed E-state index contributed by atoms with van der Waals surface area (Å²) >= 11 is 0. The van der Waals surface area contributed by atoms with Crippen molar-refractivity contribution in [2.45, 2.75) is 6.92 Å². The molecule has 0 atom stereocenters. The lowest BCUT2D eigenvalue weighted by Gasteiger charge is -2.35. The van der Waals surface area contributed by atoms with Crippen molar-refractivity contribution >= 4 is 16.9 Å². The Bertz CT molecular complexity index is 590. The monoisotopic (exact) mass is 271 g/mol. The van der Waals surface area contributed by atoms with E-state index in [9.17, 15) is 0 Å². The Kier molecular flexibility index (Phi) is 3.80. The third kappa shape index (κ3) is 2.59. The molecule has 0 aliphatic carbocycles. The maximum Gasteiger partial charge on any atom is 0.150 e. The lowest BCUT2D eigenvalue weighted by molar-refractivity contribution is 0.264. The van der Waals surface area contributed by atoms with Crippen LogP contribution in [-0.4, -0.2) is 54.1 Å². The third-order valence-corrected chi connectivity index (χ3v) is 3.84. The first-order valence-electron chi connectivity index (χ1n) is 7.18. The summed E-state index contributed by atoms with van der Waals surface area (Å²) in [7, 11) is 0. The SMILES string of the molecule is Cc1nc2ccccc2nc1N1CCN(CCN)CC1. The summed E-state index contributed by atoms with van der Waals surface area (Å²) in [5.41, 5.74) is 8.56. The highest BCUT2D eigenvalue weighted by atomic mass is 15.3. The summed E-state index contributed by atoms with van der Waals surface area (Å²) in [6.45, 7) is 7.84. The van der Waals surface area contributed by atoms with Crippen molar-refractivity contribution < 1.29 is 0 Å². The fourth-order valence-corrected chi connectivity index (χ4v) is 2.74. The van der Waals surface area contributed by atoms with Crippen LogP contribution in [0.1, 0.15) is 5.69 Å². The second-order valence-corrected chi connectivity index (χ2v) is 5.24. The van der Waals surface area contributed by atoms with Crippen LogP contribution in [0.25, 0.3) is 11.0 Å². The number of para-hydroxylation sites is 2. The van der Waals surface area contributed by atoms with Crippen molar-refractivity contribution in [2.24, 2.45) is 5.73 Å². The highest BCUT2D eigenvalue weighted by Gasteiger charge is 2.19. The van der Waals surface area contributed by atoms with E-state index >= 15 is 0 Å². The largest absolute Gasteiger partial charge is 0.353 e. The summed E-state index contributed by atoms with van der Waals surface area (Å²) in [4.78, 5) is 14.2. The normalized spacial score (nSPS) is 16.8. The average Bonchev–Trinajstić information content (AvgIpc) is 2.48. The Morgan fingerprint density at radius 2 is 1.70 bits per heavy atom. The van der Waals surface area contributed by atoms with Gasteiger partial charge in [0.25, 0.3) is 0 Å². The molecule has 2 N–H and O–H groups in total. The van der Waals surface area contributed by atoms with Crippen molar-refractivity contribution in [3.8, 4) is 0 Å². The van der Waals surface area contributed by atoms with E-state index in [0.717, 1.165) is 61.8 Å². The Morgan fingerprint density at radius 1 is 1.05 bits per heavy atom. The number of nitrogens with two attached hydrogens (primary N) is 1. The van der Waals surface area contributed by atoms with E-state index < -0.39 is 0 Å². The molecule has 1 saturated heterocycles. The Labute approximate surface area is 119 Å². The first kappa shape index (κ1) is 13.3. The van der Waals surface area contributed by atoms with Crippen LogP contribution in [0.3, 0.4) is 0 Å². The van der Waals surface area contributed by atoms with E-state index in [0.29, 0.717) is 0 Å². The molecule has 0 saturated carbocycles. The van der Waals surface area contributed by atoms with E-state index in [4.69, 9.17) is 10.7 Å². The number of fused-ring (bicyclic) bond motifs is 1. The van der Waals surface area contributed by atoms with Gasteiger partial charge >= 0.3 is 0 Å². The highest BCUT2D eigenvalue weighted by molar-refractivity contribution is 5.76. The second-order valence-electron chi connectivity index (χ2n) is 5.24. The van der Waals surface area contributed by atoms with Gasteiger partial charge in [0.05, 0.1) is 16.7 Å². The molecule has 5 nitrogen and oxygen atoms in total. The van der Waals surface area contributed by atoms with Crippen LogP contribution >= 0.6 is 0 Å². The molecular weight excluding hydrogens is 250 g/mol. The minimum absolute atomic E-state index is 0.731. The minimum atomic E-state index is 0.731. The first-order valence-corrected chi connectivity index (χ1v) is 7.18. The van der Waals surface area contributed by atoms with Crippen molar-refractivity contribution in [2.75, 3.05) is 44.2 Å². The lowest BCUT2D eigenvalue weighted by Crippen LogP contribution is -2.48. The molecule has 3 rings (SSSR count). The molecule has 1 fully saturated rings. The fourth-order valence-electron chi connectivity index (χ4n) is 2.74. The van der Waals surface area contributed by atoms with Gasteiger partial charge in [0.1, 0.15) is 0 Å². The highest BCUT2D eigenvalue weighted by Crippen LogP contribution is 2.21. The Balaban J connectivity index is 1.82. The van der Waals surface area contributed by atoms with Crippen LogP contribution in [0, 0.1) is 6.92 Å². The molecule has 0 radical (unpaired) electrons. The zero-order chi connectivity index (χ0) is 13.9. The molecule has 0 bridgehead atoms. The Hall–Kier alpha value is -1.72. The molecule has 2 heterocycles. The number of aryl methyl sites for hydroxylation is 1. The smallest absolute Gasteiger partial charge is 0.150 e. The van der Waals surface area contributed by atoms with E-state index in [-0.39, 0.29) is 0 Å². The van der Waals surface area contributed by atoms with Gasteiger partial charge in [-0.05, 0) is 19.1 Å². The molecule has 0 spiro atoms. The van der Waals surface area contributed by atoms with Gasteiger partial charge in [0.15, 0.2) is 5.82 Å². The molecule has 106 valence electrons. The summed E-state index contributed by atoms with van der Waals surface area (Å²) in [6, 6.07) is 8.05.